The van der Waals surface area contributed by atoms with Crippen LogP contribution in [0.1, 0.15) is 5.56 Å². The standard InChI is InChI=1S/C11H11BrO3/c1-14-10-7-8(4-3-5-13)6-9(12)11(10)15-2/h3-7H,1-2H3/b4-3+. The number of benzene rings is 1. The van der Waals surface area contributed by atoms with E-state index in [4.69, 9.17) is 9.47 Å². The first kappa shape index (κ1) is 11.8. The highest BCUT2D eigenvalue weighted by Gasteiger charge is 2.08. The fourth-order valence-corrected chi connectivity index (χ4v) is 1.81. The van der Waals surface area contributed by atoms with Crippen molar-refractivity contribution in [2.75, 3.05) is 14.2 Å². The molecular formula is C11H11BrO3. The van der Waals surface area contributed by atoms with Crippen molar-refractivity contribution in [2.45, 2.75) is 0 Å². The van der Waals surface area contributed by atoms with Gasteiger partial charge in [-0.05, 0) is 39.7 Å². The van der Waals surface area contributed by atoms with E-state index < -0.39 is 0 Å². The van der Waals surface area contributed by atoms with E-state index in [-0.39, 0.29) is 0 Å². The quantitative estimate of drug-likeness (QED) is 0.624. The Bertz CT molecular complexity index is 386. The van der Waals surface area contributed by atoms with Crippen molar-refractivity contribution < 1.29 is 14.3 Å². The summed E-state index contributed by atoms with van der Waals surface area (Å²) in [5, 5.41) is 0. The van der Waals surface area contributed by atoms with Gasteiger partial charge in [-0.3, -0.25) is 4.79 Å². The summed E-state index contributed by atoms with van der Waals surface area (Å²) in [6.45, 7) is 0. The maximum atomic E-state index is 10.2. The molecule has 3 nitrogen and oxygen atoms in total. The van der Waals surface area contributed by atoms with Crippen LogP contribution in [0.25, 0.3) is 6.08 Å². The van der Waals surface area contributed by atoms with Crippen molar-refractivity contribution in [1.82, 2.24) is 0 Å². The van der Waals surface area contributed by atoms with Gasteiger partial charge in [0.05, 0.1) is 18.7 Å². The van der Waals surface area contributed by atoms with E-state index in [0.29, 0.717) is 11.5 Å². The molecule has 1 aromatic rings. The van der Waals surface area contributed by atoms with Gasteiger partial charge in [0.25, 0.3) is 0 Å². The van der Waals surface area contributed by atoms with Crippen molar-refractivity contribution in [3.05, 3.63) is 28.2 Å². The van der Waals surface area contributed by atoms with E-state index in [9.17, 15) is 4.79 Å². The van der Waals surface area contributed by atoms with Crippen LogP contribution in [0.2, 0.25) is 0 Å². The Hall–Kier alpha value is -1.29. The maximum absolute atomic E-state index is 10.2. The van der Waals surface area contributed by atoms with Gasteiger partial charge in [-0.25, -0.2) is 0 Å². The van der Waals surface area contributed by atoms with Crippen molar-refractivity contribution in [2.24, 2.45) is 0 Å². The molecule has 15 heavy (non-hydrogen) atoms. The number of hydrogen-bond donors (Lipinski definition) is 0. The highest BCUT2D eigenvalue weighted by atomic mass is 79.9. The lowest BCUT2D eigenvalue weighted by molar-refractivity contribution is -0.104. The Labute approximate surface area is 96.8 Å². The molecule has 0 atom stereocenters. The first-order chi connectivity index (χ1) is 7.22. The summed E-state index contributed by atoms with van der Waals surface area (Å²) < 4.78 is 11.1. The van der Waals surface area contributed by atoms with E-state index in [1.807, 2.05) is 6.07 Å². The van der Waals surface area contributed by atoms with Gasteiger partial charge in [-0.2, -0.15) is 0 Å². The zero-order valence-corrected chi connectivity index (χ0v) is 10.1. The molecule has 0 aliphatic rings. The molecule has 1 aromatic carbocycles. The van der Waals surface area contributed by atoms with Crippen LogP contribution < -0.4 is 9.47 Å². The van der Waals surface area contributed by atoms with Crippen molar-refractivity contribution >= 4 is 28.3 Å². The monoisotopic (exact) mass is 270 g/mol. The molecule has 0 spiro atoms. The van der Waals surface area contributed by atoms with E-state index in [1.54, 1.807) is 26.4 Å². The zero-order valence-electron chi connectivity index (χ0n) is 8.49. The number of ether oxygens (including phenoxy) is 2. The lowest BCUT2D eigenvalue weighted by atomic mass is 10.2. The summed E-state index contributed by atoms with van der Waals surface area (Å²) in [4.78, 5) is 10.2. The van der Waals surface area contributed by atoms with Crippen LogP contribution in [0.15, 0.2) is 22.7 Å². The largest absolute Gasteiger partial charge is 0.493 e. The molecule has 0 aromatic heterocycles. The summed E-state index contributed by atoms with van der Waals surface area (Å²) in [7, 11) is 3.14. The maximum Gasteiger partial charge on any atom is 0.174 e. The Morgan fingerprint density at radius 3 is 2.53 bits per heavy atom. The second-order valence-corrected chi connectivity index (χ2v) is 3.59. The molecule has 0 amide bonds. The van der Waals surface area contributed by atoms with Gasteiger partial charge in [0.1, 0.15) is 6.29 Å². The molecule has 0 aliphatic carbocycles. The summed E-state index contributed by atoms with van der Waals surface area (Å²) in [5.41, 5.74) is 0.867. The molecule has 0 saturated carbocycles. The van der Waals surface area contributed by atoms with E-state index in [1.165, 1.54) is 6.08 Å². The highest BCUT2D eigenvalue weighted by molar-refractivity contribution is 9.10. The van der Waals surface area contributed by atoms with Gasteiger partial charge < -0.3 is 9.47 Å². The van der Waals surface area contributed by atoms with Gasteiger partial charge in [0.2, 0.25) is 0 Å². The number of rotatable bonds is 4. The van der Waals surface area contributed by atoms with Gasteiger partial charge >= 0.3 is 0 Å². The molecule has 80 valence electrons. The topological polar surface area (TPSA) is 35.5 Å². The normalized spacial score (nSPS) is 10.3. The molecule has 0 aliphatic heterocycles. The lowest BCUT2D eigenvalue weighted by Crippen LogP contribution is -1.92. The highest BCUT2D eigenvalue weighted by Crippen LogP contribution is 2.36. The first-order valence-corrected chi connectivity index (χ1v) is 5.05. The predicted octanol–water partition coefficient (Wildman–Crippen LogP) is 2.68. The van der Waals surface area contributed by atoms with E-state index in [2.05, 4.69) is 15.9 Å². The molecule has 0 bridgehead atoms. The van der Waals surface area contributed by atoms with Crippen molar-refractivity contribution in [1.29, 1.82) is 0 Å². The Kier molecular flexibility index (Phi) is 4.37. The zero-order chi connectivity index (χ0) is 11.3. The molecule has 0 heterocycles. The number of hydrogen-bond acceptors (Lipinski definition) is 3. The number of allylic oxidation sites excluding steroid dienone is 1. The van der Waals surface area contributed by atoms with Crippen LogP contribution >= 0.6 is 15.9 Å². The molecular weight excluding hydrogens is 260 g/mol. The summed E-state index contributed by atoms with van der Waals surface area (Å²) in [6, 6.07) is 3.64. The molecule has 0 fully saturated rings. The molecule has 0 N–H and O–H groups in total. The van der Waals surface area contributed by atoms with Crippen LogP contribution in [0, 0.1) is 0 Å². The average Bonchev–Trinajstić information content (AvgIpc) is 2.25. The minimum atomic E-state index is 0.623. The summed E-state index contributed by atoms with van der Waals surface area (Å²) >= 11 is 3.36. The van der Waals surface area contributed by atoms with Crippen molar-refractivity contribution in [3.63, 3.8) is 0 Å². The molecule has 0 unspecified atom stereocenters. The number of carbonyl (C=O) groups is 1. The van der Waals surface area contributed by atoms with Crippen LogP contribution in [0.4, 0.5) is 0 Å². The third kappa shape index (κ3) is 2.83. The van der Waals surface area contributed by atoms with Gasteiger partial charge in [0.15, 0.2) is 11.5 Å². The predicted molar refractivity (Wildman–Crippen MR) is 62.3 cm³/mol. The number of halogens is 1. The lowest BCUT2D eigenvalue weighted by Gasteiger charge is -2.10. The van der Waals surface area contributed by atoms with Crippen LogP contribution in [-0.2, 0) is 4.79 Å². The number of aldehydes is 1. The SMILES string of the molecule is COc1cc(/C=C/C=O)cc(Br)c1OC. The van der Waals surface area contributed by atoms with Gasteiger partial charge in [0, 0.05) is 0 Å². The van der Waals surface area contributed by atoms with E-state index >= 15 is 0 Å². The number of carbonyl (C=O) groups excluding carboxylic acids is 1. The Morgan fingerprint density at radius 1 is 1.27 bits per heavy atom. The fourth-order valence-electron chi connectivity index (χ4n) is 1.18. The van der Waals surface area contributed by atoms with Gasteiger partial charge in [-0.15, -0.1) is 0 Å². The van der Waals surface area contributed by atoms with Crippen LogP contribution in [0.3, 0.4) is 0 Å². The second kappa shape index (κ2) is 5.56. The van der Waals surface area contributed by atoms with E-state index in [0.717, 1.165) is 16.3 Å². The minimum Gasteiger partial charge on any atom is -0.493 e. The Balaban J connectivity index is 3.18. The first-order valence-electron chi connectivity index (χ1n) is 4.26. The molecule has 0 saturated heterocycles. The fraction of sp³-hybridized carbons (Fsp3) is 0.182. The summed E-state index contributed by atoms with van der Waals surface area (Å²) in [5.74, 6) is 1.26. The van der Waals surface area contributed by atoms with Crippen molar-refractivity contribution in [3.8, 4) is 11.5 Å². The van der Waals surface area contributed by atoms with Crippen LogP contribution in [-0.4, -0.2) is 20.5 Å². The Morgan fingerprint density at radius 2 is 2.00 bits per heavy atom. The second-order valence-electron chi connectivity index (χ2n) is 2.73. The molecule has 4 heteroatoms. The smallest absolute Gasteiger partial charge is 0.174 e. The minimum absolute atomic E-state index is 0.623. The third-order valence-corrected chi connectivity index (χ3v) is 2.41. The average molecular weight is 271 g/mol. The summed E-state index contributed by atoms with van der Waals surface area (Å²) in [6.07, 6.45) is 3.85. The molecule has 1 rings (SSSR count). The van der Waals surface area contributed by atoms with Crippen LogP contribution in [0.5, 0.6) is 11.5 Å². The van der Waals surface area contributed by atoms with Gasteiger partial charge in [-0.1, -0.05) is 6.08 Å². The third-order valence-electron chi connectivity index (χ3n) is 1.82. The molecule has 0 radical (unpaired) electrons. The number of methoxy groups -OCH3 is 2.